The molecule has 0 bridgehead atoms. The normalized spacial score (nSPS) is 15.0. The smallest absolute Gasteiger partial charge is 0.142 e. The molecule has 0 aromatic heterocycles. The van der Waals surface area contributed by atoms with Crippen molar-refractivity contribution in [1.82, 2.24) is 0 Å². The van der Waals surface area contributed by atoms with Crippen LogP contribution in [0.5, 0.6) is 0 Å². The van der Waals surface area contributed by atoms with E-state index in [1.54, 1.807) is 0 Å². The van der Waals surface area contributed by atoms with Crippen LogP contribution in [0.4, 0.5) is 0 Å². The van der Waals surface area contributed by atoms with Gasteiger partial charge < -0.3 is 24.5 Å². The Morgan fingerprint density at radius 2 is 1.18 bits per heavy atom. The minimum absolute atomic E-state index is 0.214. The molecule has 4 atom stereocenters. The lowest BCUT2D eigenvalue weighted by Gasteiger charge is -2.30. The first-order valence-electron chi connectivity index (χ1n) is 11.1. The number of hydrogen-bond acceptors (Lipinski definition) is 6. The van der Waals surface area contributed by atoms with E-state index in [0.29, 0.717) is 11.9 Å². The van der Waals surface area contributed by atoms with Gasteiger partial charge in [0, 0.05) is 5.33 Å². The third kappa shape index (κ3) is 8.66. The van der Waals surface area contributed by atoms with E-state index in [-0.39, 0.29) is 13.2 Å². The van der Waals surface area contributed by atoms with Crippen LogP contribution in [0.1, 0.15) is 16.7 Å². The van der Waals surface area contributed by atoms with Gasteiger partial charge in [0.2, 0.25) is 0 Å². The average molecular weight is 528 g/mol. The van der Waals surface area contributed by atoms with Crippen LogP contribution >= 0.6 is 15.9 Å². The van der Waals surface area contributed by atoms with Gasteiger partial charge in [-0.05, 0) is 16.7 Å². The number of aliphatic hydroxyl groups is 2. The largest absolute Gasteiger partial charge is 0.391 e. The van der Waals surface area contributed by atoms with Crippen molar-refractivity contribution in [1.29, 1.82) is 0 Å². The first kappa shape index (κ1) is 26.1. The molecule has 0 amide bonds. The zero-order chi connectivity index (χ0) is 24.0. The van der Waals surface area contributed by atoms with Crippen LogP contribution in [-0.2, 0) is 34.1 Å². The molecule has 0 fully saturated rings. The molecule has 2 N–H and O–H groups in total. The fraction of sp³-hybridized carbons (Fsp3) is 0.296. The summed E-state index contributed by atoms with van der Waals surface area (Å²) in [5.41, 5.74) is 2.86. The third-order valence-corrected chi connectivity index (χ3v) is 5.80. The Hall–Kier alpha value is -2.55. The maximum absolute atomic E-state index is 11.1. The Morgan fingerprint density at radius 3 is 1.68 bits per heavy atom. The highest BCUT2D eigenvalue weighted by molar-refractivity contribution is 9.09. The van der Waals surface area contributed by atoms with Gasteiger partial charge in [-0.2, -0.15) is 0 Å². The van der Waals surface area contributed by atoms with Gasteiger partial charge in [-0.3, -0.25) is 0 Å². The Morgan fingerprint density at radius 1 is 0.706 bits per heavy atom. The molecular formula is C27H30BrNO5. The van der Waals surface area contributed by atoms with Gasteiger partial charge in [-0.1, -0.05) is 112 Å². The average Bonchev–Trinajstić information content (AvgIpc) is 2.89. The van der Waals surface area contributed by atoms with Crippen molar-refractivity contribution in [3.8, 4) is 0 Å². The number of alkyl halides is 1. The van der Waals surface area contributed by atoms with Crippen LogP contribution in [0, 0.1) is 0 Å². The summed E-state index contributed by atoms with van der Waals surface area (Å²) in [4.78, 5) is 5.31. The van der Waals surface area contributed by atoms with Gasteiger partial charge in [0.25, 0.3) is 0 Å². The molecule has 3 aromatic carbocycles. The van der Waals surface area contributed by atoms with Crippen molar-refractivity contribution in [2.45, 2.75) is 44.2 Å². The van der Waals surface area contributed by atoms with E-state index in [4.69, 9.17) is 14.3 Å². The molecule has 0 saturated carbocycles. The molecule has 180 valence electrons. The van der Waals surface area contributed by atoms with E-state index in [1.165, 1.54) is 6.21 Å². The number of rotatable bonds is 14. The summed E-state index contributed by atoms with van der Waals surface area (Å²) >= 11 is 3.41. The van der Waals surface area contributed by atoms with Crippen molar-refractivity contribution >= 4 is 22.1 Å². The molecule has 34 heavy (non-hydrogen) atoms. The summed E-state index contributed by atoms with van der Waals surface area (Å²) in [6.45, 7) is 0.808. The highest BCUT2D eigenvalue weighted by atomic mass is 79.9. The molecule has 0 aliphatic rings. The predicted molar refractivity (Wildman–Crippen MR) is 136 cm³/mol. The van der Waals surface area contributed by atoms with Gasteiger partial charge in [0.05, 0.1) is 25.5 Å². The Bertz CT molecular complexity index is 959. The first-order chi connectivity index (χ1) is 16.7. The fourth-order valence-corrected chi connectivity index (χ4v) is 3.84. The van der Waals surface area contributed by atoms with E-state index in [0.717, 1.165) is 16.7 Å². The van der Waals surface area contributed by atoms with Crippen LogP contribution in [0.15, 0.2) is 96.2 Å². The van der Waals surface area contributed by atoms with Crippen LogP contribution in [0.3, 0.4) is 0 Å². The van der Waals surface area contributed by atoms with E-state index < -0.39 is 24.4 Å². The van der Waals surface area contributed by atoms with Crippen molar-refractivity contribution in [2.75, 3.05) is 5.33 Å². The van der Waals surface area contributed by atoms with E-state index >= 15 is 0 Å². The lowest BCUT2D eigenvalue weighted by molar-refractivity contribution is -0.135. The van der Waals surface area contributed by atoms with Gasteiger partial charge in [0.15, 0.2) is 0 Å². The highest BCUT2D eigenvalue weighted by Gasteiger charge is 2.33. The molecule has 6 nitrogen and oxygen atoms in total. The monoisotopic (exact) mass is 527 g/mol. The second kappa shape index (κ2) is 14.7. The van der Waals surface area contributed by atoms with E-state index in [9.17, 15) is 10.2 Å². The van der Waals surface area contributed by atoms with Crippen molar-refractivity contribution in [3.63, 3.8) is 0 Å². The number of hydrogen-bond donors (Lipinski definition) is 2. The lowest BCUT2D eigenvalue weighted by Crippen LogP contribution is -2.48. The topological polar surface area (TPSA) is 80.5 Å². The molecule has 0 heterocycles. The van der Waals surface area contributed by atoms with Crippen molar-refractivity contribution in [2.24, 2.45) is 5.16 Å². The SMILES string of the molecule is O[C@@H]([C@H](OCc1ccccc1)[C@@H](O)/C=N\OCc1ccccc1)[C@@H](CBr)OCc1ccccc1. The fourth-order valence-electron chi connectivity index (χ4n) is 3.27. The van der Waals surface area contributed by atoms with Crippen LogP contribution in [-0.4, -0.2) is 46.2 Å². The highest BCUT2D eigenvalue weighted by Crippen LogP contribution is 2.17. The second-order valence-electron chi connectivity index (χ2n) is 7.75. The molecule has 7 heteroatoms. The van der Waals surface area contributed by atoms with Gasteiger partial charge in [-0.15, -0.1) is 0 Å². The third-order valence-electron chi connectivity index (χ3n) is 5.16. The number of aliphatic hydroxyl groups excluding tert-OH is 2. The molecule has 0 spiro atoms. The van der Waals surface area contributed by atoms with Gasteiger partial charge >= 0.3 is 0 Å². The number of nitrogens with zero attached hydrogens (tertiary/aromatic N) is 1. The van der Waals surface area contributed by atoms with E-state index in [1.807, 2.05) is 91.0 Å². The standard InChI is InChI=1S/C27H30BrNO5/c28-16-25(32-18-21-10-4-1-5-11-21)26(31)27(33-19-22-12-6-2-7-13-22)24(30)17-29-34-20-23-14-8-3-9-15-23/h1-15,17,24-27,30-31H,16,18-20H2/b29-17-/t24-,25+,26+,27+/m0/s1. The number of benzene rings is 3. The molecule has 0 unspecified atom stereocenters. The zero-order valence-electron chi connectivity index (χ0n) is 18.8. The van der Waals surface area contributed by atoms with Crippen molar-refractivity contribution in [3.05, 3.63) is 108 Å². The molecule has 3 rings (SSSR count). The van der Waals surface area contributed by atoms with Gasteiger partial charge in [-0.25, -0.2) is 0 Å². The summed E-state index contributed by atoms with van der Waals surface area (Å²) in [7, 11) is 0. The Labute approximate surface area is 208 Å². The summed E-state index contributed by atoms with van der Waals surface area (Å²) in [6.07, 6.45) is -2.69. The van der Waals surface area contributed by atoms with Crippen LogP contribution in [0.2, 0.25) is 0 Å². The first-order valence-corrected chi connectivity index (χ1v) is 12.2. The summed E-state index contributed by atoms with van der Waals surface area (Å²) < 4.78 is 11.9. The molecule has 0 aliphatic heterocycles. The van der Waals surface area contributed by atoms with Crippen LogP contribution < -0.4 is 0 Å². The second-order valence-corrected chi connectivity index (χ2v) is 8.39. The molecular weight excluding hydrogens is 498 g/mol. The predicted octanol–water partition coefficient (Wildman–Crippen LogP) is 4.48. The minimum atomic E-state index is -1.21. The summed E-state index contributed by atoms with van der Waals surface area (Å²) in [5.74, 6) is 0. The van der Waals surface area contributed by atoms with Gasteiger partial charge in [0.1, 0.15) is 24.9 Å². The zero-order valence-corrected chi connectivity index (χ0v) is 20.4. The summed E-state index contributed by atoms with van der Waals surface area (Å²) in [5, 5.41) is 26.1. The molecule has 0 radical (unpaired) electrons. The molecule has 0 saturated heterocycles. The van der Waals surface area contributed by atoms with Crippen molar-refractivity contribution < 1.29 is 24.5 Å². The number of halogens is 1. The van der Waals surface area contributed by atoms with Crippen LogP contribution in [0.25, 0.3) is 0 Å². The molecule has 3 aromatic rings. The maximum atomic E-state index is 11.1. The Kier molecular flexibility index (Phi) is 11.2. The quantitative estimate of drug-likeness (QED) is 0.183. The maximum Gasteiger partial charge on any atom is 0.142 e. The number of oxime groups is 1. The lowest BCUT2D eigenvalue weighted by atomic mass is 10.0. The number of ether oxygens (including phenoxy) is 2. The van der Waals surface area contributed by atoms with E-state index in [2.05, 4.69) is 21.1 Å². The summed E-state index contributed by atoms with van der Waals surface area (Å²) in [6, 6.07) is 28.9. The minimum Gasteiger partial charge on any atom is -0.391 e. The Balaban J connectivity index is 1.64. The molecule has 0 aliphatic carbocycles.